The average molecular weight is 343 g/mol. The van der Waals surface area contributed by atoms with Crippen molar-refractivity contribution in [1.29, 1.82) is 0 Å². The second kappa shape index (κ2) is 5.45. The normalized spacial score (nSPS) is 26.3. The van der Waals surface area contributed by atoms with E-state index in [-0.39, 0.29) is 5.91 Å². The van der Waals surface area contributed by atoms with Crippen molar-refractivity contribution in [3.63, 3.8) is 0 Å². The number of hydrogen-bond acceptors (Lipinski definition) is 1. The molecular formula is C15H17BrClNO. The van der Waals surface area contributed by atoms with Gasteiger partial charge in [-0.3, -0.25) is 4.79 Å². The summed E-state index contributed by atoms with van der Waals surface area (Å²) in [6.45, 7) is 0.886. The molecule has 1 amide bonds. The second-order valence-electron chi connectivity index (χ2n) is 5.52. The van der Waals surface area contributed by atoms with E-state index in [0.29, 0.717) is 22.5 Å². The Kier molecular flexibility index (Phi) is 3.86. The highest BCUT2D eigenvalue weighted by Crippen LogP contribution is 2.37. The Balaban J connectivity index is 1.85. The fourth-order valence-electron chi connectivity index (χ4n) is 3.47. The van der Waals surface area contributed by atoms with Gasteiger partial charge in [-0.05, 0) is 43.4 Å². The van der Waals surface area contributed by atoms with E-state index in [4.69, 9.17) is 11.6 Å². The minimum Gasteiger partial charge on any atom is -0.335 e. The maximum atomic E-state index is 12.7. The molecule has 2 atom stereocenters. The number of hydrogen-bond donors (Lipinski definition) is 0. The van der Waals surface area contributed by atoms with Crippen molar-refractivity contribution in [2.75, 3.05) is 6.54 Å². The van der Waals surface area contributed by atoms with Gasteiger partial charge in [0.1, 0.15) is 0 Å². The highest BCUT2D eigenvalue weighted by Gasteiger charge is 2.38. The summed E-state index contributed by atoms with van der Waals surface area (Å²) in [4.78, 5) is 14.7. The first-order chi connectivity index (χ1) is 9.16. The van der Waals surface area contributed by atoms with Crippen LogP contribution in [0.3, 0.4) is 0 Å². The SMILES string of the molecule is O=C(c1cc(Br)ccc1Cl)N1CCC2CCCCC21. The van der Waals surface area contributed by atoms with Crippen LogP contribution in [0.1, 0.15) is 42.5 Å². The van der Waals surface area contributed by atoms with Gasteiger partial charge in [0, 0.05) is 17.1 Å². The summed E-state index contributed by atoms with van der Waals surface area (Å²) >= 11 is 9.59. The van der Waals surface area contributed by atoms with Crippen LogP contribution >= 0.6 is 27.5 Å². The number of amides is 1. The molecule has 2 nitrogen and oxygen atoms in total. The molecule has 2 unspecified atom stereocenters. The molecular weight excluding hydrogens is 326 g/mol. The number of carbonyl (C=O) groups excluding carboxylic acids is 1. The predicted octanol–water partition coefficient (Wildman–Crippen LogP) is 4.51. The standard InChI is InChI=1S/C15H17BrClNO/c16-11-5-6-13(17)12(9-11)15(19)18-8-7-10-3-1-2-4-14(10)18/h5-6,9-10,14H,1-4,7-8H2. The first kappa shape index (κ1) is 13.4. The quantitative estimate of drug-likeness (QED) is 0.735. The molecule has 0 radical (unpaired) electrons. The van der Waals surface area contributed by atoms with Crippen molar-refractivity contribution in [3.05, 3.63) is 33.3 Å². The number of likely N-dealkylation sites (tertiary alicyclic amines) is 1. The summed E-state index contributed by atoms with van der Waals surface area (Å²) in [5.41, 5.74) is 0.627. The van der Waals surface area contributed by atoms with E-state index >= 15 is 0 Å². The summed E-state index contributed by atoms with van der Waals surface area (Å²) in [6.07, 6.45) is 6.16. The molecule has 0 aromatic heterocycles. The van der Waals surface area contributed by atoms with E-state index in [1.165, 1.54) is 19.3 Å². The number of carbonyl (C=O) groups is 1. The molecule has 4 heteroatoms. The van der Waals surface area contributed by atoms with Crippen LogP contribution < -0.4 is 0 Å². The lowest BCUT2D eigenvalue weighted by Crippen LogP contribution is -2.39. The predicted molar refractivity (Wildman–Crippen MR) is 80.6 cm³/mol. The Hall–Kier alpha value is -0.540. The molecule has 2 aliphatic rings. The number of rotatable bonds is 1. The second-order valence-corrected chi connectivity index (χ2v) is 6.85. The summed E-state index contributed by atoms with van der Waals surface area (Å²) < 4.78 is 0.902. The molecule has 19 heavy (non-hydrogen) atoms. The highest BCUT2D eigenvalue weighted by atomic mass is 79.9. The highest BCUT2D eigenvalue weighted by molar-refractivity contribution is 9.10. The molecule has 0 spiro atoms. The van der Waals surface area contributed by atoms with Crippen LogP contribution in [0.2, 0.25) is 5.02 Å². The zero-order valence-corrected chi connectivity index (χ0v) is 13.1. The summed E-state index contributed by atoms with van der Waals surface area (Å²) in [5.74, 6) is 0.810. The Morgan fingerprint density at radius 3 is 2.89 bits per heavy atom. The van der Waals surface area contributed by atoms with Crippen LogP contribution in [-0.2, 0) is 0 Å². The molecule has 0 bridgehead atoms. The maximum Gasteiger partial charge on any atom is 0.255 e. The van der Waals surface area contributed by atoms with Crippen LogP contribution in [0, 0.1) is 5.92 Å². The Morgan fingerprint density at radius 1 is 1.26 bits per heavy atom. The number of halogens is 2. The van der Waals surface area contributed by atoms with E-state index in [1.54, 1.807) is 6.07 Å². The van der Waals surface area contributed by atoms with Gasteiger partial charge in [0.2, 0.25) is 0 Å². The lowest BCUT2D eigenvalue weighted by Gasteiger charge is -2.31. The fraction of sp³-hybridized carbons (Fsp3) is 0.533. The van der Waals surface area contributed by atoms with Gasteiger partial charge in [-0.1, -0.05) is 40.4 Å². The summed E-state index contributed by atoms with van der Waals surface area (Å²) in [6, 6.07) is 5.93. The number of benzene rings is 1. The van der Waals surface area contributed by atoms with E-state index in [9.17, 15) is 4.79 Å². The van der Waals surface area contributed by atoms with E-state index in [0.717, 1.165) is 23.9 Å². The zero-order valence-electron chi connectivity index (χ0n) is 10.7. The van der Waals surface area contributed by atoms with Crippen LogP contribution in [0.4, 0.5) is 0 Å². The van der Waals surface area contributed by atoms with Crippen LogP contribution in [0.25, 0.3) is 0 Å². The Labute approximate surface area is 127 Å². The first-order valence-corrected chi connectivity index (χ1v) is 8.10. The third-order valence-corrected chi connectivity index (χ3v) is 5.25. The monoisotopic (exact) mass is 341 g/mol. The van der Waals surface area contributed by atoms with Crippen molar-refractivity contribution in [1.82, 2.24) is 4.90 Å². The molecule has 1 aliphatic heterocycles. The van der Waals surface area contributed by atoms with Crippen molar-refractivity contribution in [2.45, 2.75) is 38.1 Å². The maximum absolute atomic E-state index is 12.7. The fourth-order valence-corrected chi connectivity index (χ4v) is 4.03. The minimum atomic E-state index is 0.0979. The average Bonchev–Trinajstić information content (AvgIpc) is 2.84. The molecule has 1 heterocycles. The van der Waals surface area contributed by atoms with Crippen molar-refractivity contribution >= 4 is 33.4 Å². The van der Waals surface area contributed by atoms with Gasteiger partial charge in [-0.15, -0.1) is 0 Å². The zero-order chi connectivity index (χ0) is 13.4. The van der Waals surface area contributed by atoms with E-state index in [1.807, 2.05) is 12.1 Å². The minimum absolute atomic E-state index is 0.0979. The smallest absolute Gasteiger partial charge is 0.255 e. The third-order valence-electron chi connectivity index (χ3n) is 4.43. The van der Waals surface area contributed by atoms with Gasteiger partial charge in [0.25, 0.3) is 5.91 Å². The molecule has 1 aromatic carbocycles. The summed E-state index contributed by atoms with van der Waals surface area (Å²) in [7, 11) is 0. The van der Waals surface area contributed by atoms with Gasteiger partial charge in [0.05, 0.1) is 10.6 Å². The van der Waals surface area contributed by atoms with Crippen LogP contribution in [-0.4, -0.2) is 23.4 Å². The lowest BCUT2D eigenvalue weighted by molar-refractivity contribution is 0.0690. The van der Waals surface area contributed by atoms with E-state index in [2.05, 4.69) is 20.8 Å². The molecule has 3 rings (SSSR count). The Morgan fingerprint density at radius 2 is 2.05 bits per heavy atom. The van der Waals surface area contributed by atoms with Crippen LogP contribution in [0.5, 0.6) is 0 Å². The van der Waals surface area contributed by atoms with Gasteiger partial charge in [0.15, 0.2) is 0 Å². The van der Waals surface area contributed by atoms with Gasteiger partial charge < -0.3 is 4.90 Å². The molecule has 1 saturated heterocycles. The summed E-state index contributed by atoms with van der Waals surface area (Å²) in [5, 5.41) is 0.549. The molecule has 102 valence electrons. The third kappa shape index (κ3) is 2.55. The molecule has 0 N–H and O–H groups in total. The molecule has 1 saturated carbocycles. The van der Waals surface area contributed by atoms with Crippen LogP contribution in [0.15, 0.2) is 22.7 Å². The van der Waals surface area contributed by atoms with Crippen molar-refractivity contribution in [3.8, 4) is 0 Å². The molecule has 1 aliphatic carbocycles. The number of nitrogens with zero attached hydrogens (tertiary/aromatic N) is 1. The largest absolute Gasteiger partial charge is 0.335 e. The topological polar surface area (TPSA) is 20.3 Å². The Bertz CT molecular complexity index is 505. The molecule has 1 aromatic rings. The van der Waals surface area contributed by atoms with Gasteiger partial charge in [-0.2, -0.15) is 0 Å². The van der Waals surface area contributed by atoms with Crippen molar-refractivity contribution in [2.24, 2.45) is 5.92 Å². The van der Waals surface area contributed by atoms with E-state index < -0.39 is 0 Å². The van der Waals surface area contributed by atoms with Gasteiger partial charge >= 0.3 is 0 Å². The molecule has 2 fully saturated rings. The first-order valence-electron chi connectivity index (χ1n) is 6.93. The van der Waals surface area contributed by atoms with Gasteiger partial charge in [-0.25, -0.2) is 0 Å². The number of fused-ring (bicyclic) bond motifs is 1. The lowest BCUT2D eigenvalue weighted by atomic mass is 9.85. The van der Waals surface area contributed by atoms with Crippen molar-refractivity contribution < 1.29 is 4.79 Å².